The van der Waals surface area contributed by atoms with Crippen LogP contribution in [0.4, 0.5) is 0 Å². The molecule has 0 aromatic heterocycles. The zero-order chi connectivity index (χ0) is 13.1. The first kappa shape index (κ1) is 13.9. The van der Waals surface area contributed by atoms with Crippen LogP contribution < -0.4 is 5.32 Å². The Morgan fingerprint density at radius 1 is 1.00 bits per heavy atom. The maximum absolute atomic E-state index is 9.66. The number of hydrogen-bond acceptors (Lipinski definition) is 2. The van der Waals surface area contributed by atoms with E-state index in [1.807, 2.05) is 0 Å². The lowest BCUT2D eigenvalue weighted by Gasteiger charge is -2.43. The van der Waals surface area contributed by atoms with Crippen molar-refractivity contribution < 1.29 is 0 Å². The second-order valence-electron chi connectivity index (χ2n) is 7.22. The minimum atomic E-state index is -0.239. The van der Waals surface area contributed by atoms with Crippen LogP contribution in [0.5, 0.6) is 0 Å². The molecule has 1 atom stereocenters. The van der Waals surface area contributed by atoms with Crippen LogP contribution in [0.1, 0.15) is 78.1 Å². The first-order chi connectivity index (χ1) is 8.55. The smallest absolute Gasteiger partial charge is 0.107 e. The van der Waals surface area contributed by atoms with Gasteiger partial charge in [0.2, 0.25) is 0 Å². The van der Waals surface area contributed by atoms with Gasteiger partial charge in [0, 0.05) is 6.04 Å². The molecule has 102 valence electrons. The molecule has 1 unspecified atom stereocenters. The van der Waals surface area contributed by atoms with Crippen molar-refractivity contribution in [3.63, 3.8) is 0 Å². The average Bonchev–Trinajstić information content (AvgIpc) is 2.56. The van der Waals surface area contributed by atoms with Crippen molar-refractivity contribution in [3.05, 3.63) is 0 Å². The fourth-order valence-electron chi connectivity index (χ4n) is 3.93. The Morgan fingerprint density at radius 2 is 1.67 bits per heavy atom. The van der Waals surface area contributed by atoms with Crippen molar-refractivity contribution in [1.29, 1.82) is 5.26 Å². The molecule has 0 amide bonds. The van der Waals surface area contributed by atoms with E-state index in [1.165, 1.54) is 51.4 Å². The Bertz CT molecular complexity index is 308. The maximum Gasteiger partial charge on any atom is 0.107 e. The van der Waals surface area contributed by atoms with Crippen LogP contribution in [0.3, 0.4) is 0 Å². The Kier molecular flexibility index (Phi) is 4.33. The molecule has 2 nitrogen and oxygen atoms in total. The highest BCUT2D eigenvalue weighted by Crippen LogP contribution is 2.41. The molecule has 2 heteroatoms. The summed E-state index contributed by atoms with van der Waals surface area (Å²) in [7, 11) is 0. The topological polar surface area (TPSA) is 35.8 Å². The first-order valence-corrected chi connectivity index (χ1v) is 7.74. The van der Waals surface area contributed by atoms with E-state index < -0.39 is 0 Å². The van der Waals surface area contributed by atoms with Gasteiger partial charge in [-0.15, -0.1) is 0 Å². The summed E-state index contributed by atoms with van der Waals surface area (Å²) >= 11 is 0. The lowest BCUT2D eigenvalue weighted by Crippen LogP contribution is -2.53. The lowest BCUT2D eigenvalue weighted by atomic mass is 9.68. The van der Waals surface area contributed by atoms with E-state index in [-0.39, 0.29) is 5.54 Å². The molecule has 0 aromatic rings. The molecule has 0 aromatic carbocycles. The van der Waals surface area contributed by atoms with E-state index in [0.717, 1.165) is 12.8 Å². The highest BCUT2D eigenvalue weighted by molar-refractivity contribution is 5.12. The summed E-state index contributed by atoms with van der Waals surface area (Å²) in [4.78, 5) is 0. The van der Waals surface area contributed by atoms with Crippen LogP contribution >= 0.6 is 0 Å². The van der Waals surface area contributed by atoms with Crippen LogP contribution in [0.2, 0.25) is 0 Å². The molecule has 0 aliphatic heterocycles. The van der Waals surface area contributed by atoms with Gasteiger partial charge in [-0.25, -0.2) is 0 Å². The third kappa shape index (κ3) is 3.48. The molecular weight excluding hydrogens is 220 g/mol. The van der Waals surface area contributed by atoms with Crippen LogP contribution in [0.15, 0.2) is 0 Å². The molecule has 0 heterocycles. The summed E-state index contributed by atoms with van der Waals surface area (Å²) in [5.74, 6) is 0. The third-order valence-electron chi connectivity index (χ3n) is 4.79. The highest BCUT2D eigenvalue weighted by atomic mass is 15.0. The summed E-state index contributed by atoms with van der Waals surface area (Å²) in [6, 6.07) is 3.21. The molecule has 0 bridgehead atoms. The van der Waals surface area contributed by atoms with Crippen molar-refractivity contribution >= 4 is 0 Å². The number of rotatable bonds is 2. The standard InChI is InChI=1S/C16H28N2/c1-15(2)10-7-11-16(12-15,13-17)18-14-8-5-3-4-6-9-14/h14,18H,3-12H2,1-2H3. The van der Waals surface area contributed by atoms with Crippen LogP contribution in [0.25, 0.3) is 0 Å². The van der Waals surface area contributed by atoms with Gasteiger partial charge in [0.25, 0.3) is 0 Å². The average molecular weight is 248 g/mol. The molecule has 1 N–H and O–H groups in total. The molecule has 0 spiro atoms. The summed E-state index contributed by atoms with van der Waals surface area (Å²) in [6.07, 6.45) is 12.5. The zero-order valence-electron chi connectivity index (χ0n) is 12.1. The van der Waals surface area contributed by atoms with Crippen LogP contribution in [-0.4, -0.2) is 11.6 Å². The molecule has 18 heavy (non-hydrogen) atoms. The lowest BCUT2D eigenvalue weighted by molar-refractivity contribution is 0.143. The van der Waals surface area contributed by atoms with E-state index in [1.54, 1.807) is 0 Å². The highest BCUT2D eigenvalue weighted by Gasteiger charge is 2.41. The quantitative estimate of drug-likeness (QED) is 0.745. The Balaban J connectivity index is 2.01. The molecule has 2 rings (SSSR count). The van der Waals surface area contributed by atoms with Crippen LogP contribution in [0, 0.1) is 16.7 Å². The molecule has 0 saturated heterocycles. The van der Waals surface area contributed by atoms with E-state index in [4.69, 9.17) is 0 Å². The second-order valence-corrected chi connectivity index (χ2v) is 7.22. The van der Waals surface area contributed by atoms with Gasteiger partial charge in [-0.3, -0.25) is 5.32 Å². The molecule has 2 aliphatic rings. The minimum absolute atomic E-state index is 0.239. The van der Waals surface area contributed by atoms with Gasteiger partial charge in [0.15, 0.2) is 0 Å². The fraction of sp³-hybridized carbons (Fsp3) is 0.938. The molecular formula is C16H28N2. The third-order valence-corrected chi connectivity index (χ3v) is 4.79. The minimum Gasteiger partial charge on any atom is -0.297 e. The maximum atomic E-state index is 9.66. The van der Waals surface area contributed by atoms with Gasteiger partial charge in [0.05, 0.1) is 6.07 Å². The van der Waals surface area contributed by atoms with Crippen molar-refractivity contribution in [2.45, 2.75) is 89.6 Å². The van der Waals surface area contributed by atoms with E-state index in [2.05, 4.69) is 25.2 Å². The van der Waals surface area contributed by atoms with Gasteiger partial charge in [-0.2, -0.15) is 5.26 Å². The number of hydrogen-bond donors (Lipinski definition) is 1. The van der Waals surface area contributed by atoms with E-state index >= 15 is 0 Å². The molecule has 2 aliphatic carbocycles. The van der Waals surface area contributed by atoms with Crippen molar-refractivity contribution in [1.82, 2.24) is 5.32 Å². The normalized spacial score (nSPS) is 33.6. The van der Waals surface area contributed by atoms with Gasteiger partial charge in [-0.05, 0) is 37.5 Å². The Morgan fingerprint density at radius 3 is 2.22 bits per heavy atom. The van der Waals surface area contributed by atoms with Crippen molar-refractivity contribution in [2.75, 3.05) is 0 Å². The van der Waals surface area contributed by atoms with Gasteiger partial charge < -0.3 is 0 Å². The Hall–Kier alpha value is -0.550. The van der Waals surface area contributed by atoms with E-state index in [0.29, 0.717) is 11.5 Å². The predicted molar refractivity (Wildman–Crippen MR) is 75.2 cm³/mol. The summed E-state index contributed by atoms with van der Waals surface area (Å²) in [5, 5.41) is 13.4. The van der Waals surface area contributed by atoms with E-state index in [9.17, 15) is 5.26 Å². The van der Waals surface area contributed by atoms with Gasteiger partial charge in [0.1, 0.15) is 5.54 Å². The van der Waals surface area contributed by atoms with Crippen molar-refractivity contribution in [3.8, 4) is 6.07 Å². The first-order valence-electron chi connectivity index (χ1n) is 7.74. The summed E-state index contributed by atoms with van der Waals surface area (Å²) in [5.41, 5.74) is 0.0858. The molecule has 0 radical (unpaired) electrons. The van der Waals surface area contributed by atoms with Gasteiger partial charge >= 0.3 is 0 Å². The molecule has 2 saturated carbocycles. The van der Waals surface area contributed by atoms with Crippen molar-refractivity contribution in [2.24, 2.45) is 5.41 Å². The SMILES string of the molecule is CC1(C)CCCC(C#N)(NC2CCCCCC2)C1. The largest absolute Gasteiger partial charge is 0.297 e. The summed E-state index contributed by atoms with van der Waals surface area (Å²) < 4.78 is 0. The monoisotopic (exact) mass is 248 g/mol. The van der Waals surface area contributed by atoms with Crippen LogP contribution in [-0.2, 0) is 0 Å². The Labute approximate surface area is 112 Å². The number of nitriles is 1. The molecule has 2 fully saturated rings. The fourth-order valence-corrected chi connectivity index (χ4v) is 3.93. The second kappa shape index (κ2) is 5.61. The number of nitrogens with one attached hydrogen (secondary N) is 1. The predicted octanol–water partition coefficient (Wildman–Crippen LogP) is 4.16. The number of nitrogens with zero attached hydrogens (tertiary/aromatic N) is 1. The zero-order valence-corrected chi connectivity index (χ0v) is 12.1. The van der Waals surface area contributed by atoms with Gasteiger partial charge in [-0.1, -0.05) is 46.0 Å². The summed E-state index contributed by atoms with van der Waals surface area (Å²) in [6.45, 7) is 4.63.